The van der Waals surface area contributed by atoms with Gasteiger partial charge in [-0.2, -0.15) is 0 Å². The molecule has 0 N–H and O–H groups in total. The standard InChI is InChI=1S/C20H22ClFN4O/c1-13-4-3-5-16(22)19(13)25-12-14-11-23-18(21)10-17(14)26(20(25)27)15-6-8-24(2)9-7-15/h3-5,10-11,15H,6-9,12H2,1-2H3. The summed E-state index contributed by atoms with van der Waals surface area (Å²) in [5, 5.41) is 0.356. The number of carbonyl (C=O) groups excluding carboxylic acids is 1. The zero-order valence-corrected chi connectivity index (χ0v) is 16.2. The number of rotatable bonds is 2. The number of urea groups is 1. The molecule has 0 atom stereocenters. The van der Waals surface area contributed by atoms with E-state index in [2.05, 4.69) is 16.9 Å². The lowest BCUT2D eigenvalue weighted by molar-refractivity contribution is 0.229. The molecule has 0 radical (unpaired) electrons. The van der Waals surface area contributed by atoms with Crippen molar-refractivity contribution < 1.29 is 9.18 Å². The lowest BCUT2D eigenvalue weighted by Gasteiger charge is -2.43. The number of anilines is 2. The molecule has 27 heavy (non-hydrogen) atoms. The minimum atomic E-state index is -0.392. The molecule has 1 fully saturated rings. The number of fused-ring (bicyclic) bond motifs is 1. The van der Waals surface area contributed by atoms with Gasteiger partial charge in [0.15, 0.2) is 0 Å². The third-order valence-electron chi connectivity index (χ3n) is 5.47. The van der Waals surface area contributed by atoms with Crippen LogP contribution >= 0.6 is 11.6 Å². The van der Waals surface area contributed by atoms with Gasteiger partial charge in [-0.15, -0.1) is 0 Å². The number of aromatic nitrogens is 1. The fraction of sp³-hybridized carbons (Fsp3) is 0.400. The maximum atomic E-state index is 14.6. The van der Waals surface area contributed by atoms with Crippen LogP contribution in [0.1, 0.15) is 24.0 Å². The van der Waals surface area contributed by atoms with Crippen LogP contribution in [0, 0.1) is 12.7 Å². The molecule has 0 spiro atoms. The first-order chi connectivity index (χ1) is 13.0. The number of likely N-dealkylation sites (tertiary alicyclic amines) is 1. The van der Waals surface area contributed by atoms with Gasteiger partial charge in [0, 0.05) is 17.8 Å². The molecular formula is C20H22ClFN4O. The number of carbonyl (C=O) groups is 1. The quantitative estimate of drug-likeness (QED) is 0.723. The number of halogens is 2. The normalized spacial score (nSPS) is 18.7. The van der Waals surface area contributed by atoms with E-state index >= 15 is 0 Å². The highest BCUT2D eigenvalue weighted by atomic mass is 35.5. The summed E-state index contributed by atoms with van der Waals surface area (Å²) in [5.74, 6) is -0.392. The fourth-order valence-electron chi connectivity index (χ4n) is 4.01. The Balaban J connectivity index is 1.79. The highest BCUT2D eigenvalue weighted by molar-refractivity contribution is 6.29. The maximum absolute atomic E-state index is 14.6. The van der Waals surface area contributed by atoms with Gasteiger partial charge in [0.05, 0.1) is 17.9 Å². The molecule has 2 aromatic rings. The van der Waals surface area contributed by atoms with Gasteiger partial charge in [0.1, 0.15) is 11.0 Å². The summed E-state index contributed by atoms with van der Waals surface area (Å²) < 4.78 is 14.6. The lowest BCUT2D eigenvalue weighted by atomic mass is 10.00. The van der Waals surface area contributed by atoms with Crippen LogP contribution < -0.4 is 9.80 Å². The minimum absolute atomic E-state index is 0.0563. The summed E-state index contributed by atoms with van der Waals surface area (Å²) >= 11 is 6.12. The molecule has 142 valence electrons. The Bertz CT molecular complexity index is 862. The molecule has 1 aromatic heterocycles. The topological polar surface area (TPSA) is 39.7 Å². The number of piperidine rings is 1. The van der Waals surface area contributed by atoms with Crippen molar-refractivity contribution >= 4 is 29.0 Å². The van der Waals surface area contributed by atoms with Crippen molar-refractivity contribution in [3.8, 4) is 0 Å². The third-order valence-corrected chi connectivity index (χ3v) is 5.67. The zero-order valence-electron chi connectivity index (χ0n) is 15.5. The van der Waals surface area contributed by atoms with Gasteiger partial charge in [-0.3, -0.25) is 9.80 Å². The predicted molar refractivity (Wildman–Crippen MR) is 105 cm³/mol. The Hall–Kier alpha value is -2.18. The summed E-state index contributed by atoms with van der Waals surface area (Å²) in [6.45, 7) is 3.94. The van der Waals surface area contributed by atoms with Crippen LogP contribution in [0.3, 0.4) is 0 Å². The SMILES string of the molecule is Cc1cccc(F)c1N1Cc2cnc(Cl)cc2N(C2CCN(C)CC2)C1=O. The number of benzene rings is 1. The zero-order chi connectivity index (χ0) is 19.1. The van der Waals surface area contributed by atoms with Gasteiger partial charge in [-0.1, -0.05) is 23.7 Å². The highest BCUT2D eigenvalue weighted by Gasteiger charge is 2.38. The number of amides is 2. The van der Waals surface area contributed by atoms with E-state index in [-0.39, 0.29) is 18.6 Å². The van der Waals surface area contributed by atoms with Crippen LogP contribution in [-0.2, 0) is 6.54 Å². The lowest BCUT2D eigenvalue weighted by Crippen LogP contribution is -2.55. The average molecular weight is 389 g/mol. The van der Waals surface area contributed by atoms with E-state index in [1.165, 1.54) is 11.0 Å². The van der Waals surface area contributed by atoms with Crippen molar-refractivity contribution in [3.63, 3.8) is 0 Å². The molecule has 5 nitrogen and oxygen atoms in total. The summed E-state index contributed by atoms with van der Waals surface area (Å²) in [6, 6.07) is 6.48. The van der Waals surface area contributed by atoms with Crippen molar-refractivity contribution in [3.05, 3.63) is 52.6 Å². The van der Waals surface area contributed by atoms with E-state index in [1.54, 1.807) is 23.2 Å². The van der Waals surface area contributed by atoms with Crippen LogP contribution in [0.5, 0.6) is 0 Å². The second-order valence-corrected chi connectivity index (χ2v) is 7.70. The number of nitrogens with zero attached hydrogens (tertiary/aromatic N) is 4. The molecule has 2 aliphatic rings. The third kappa shape index (κ3) is 3.28. The van der Waals surface area contributed by atoms with Gasteiger partial charge < -0.3 is 4.90 Å². The van der Waals surface area contributed by atoms with Gasteiger partial charge in [0.25, 0.3) is 0 Å². The van der Waals surface area contributed by atoms with Crippen molar-refractivity contribution in [1.29, 1.82) is 0 Å². The van der Waals surface area contributed by atoms with E-state index in [0.717, 1.165) is 42.7 Å². The molecule has 0 saturated carbocycles. The summed E-state index contributed by atoms with van der Waals surface area (Å²) in [5.41, 5.74) is 2.73. The summed E-state index contributed by atoms with van der Waals surface area (Å²) in [4.78, 5) is 23.3. The number of hydrogen-bond acceptors (Lipinski definition) is 3. The number of aryl methyl sites for hydroxylation is 1. The van der Waals surface area contributed by atoms with Crippen LogP contribution in [0.2, 0.25) is 5.15 Å². The monoisotopic (exact) mass is 388 g/mol. The molecule has 0 aliphatic carbocycles. The van der Waals surface area contributed by atoms with E-state index in [4.69, 9.17) is 11.6 Å². The first kappa shape index (κ1) is 18.2. The van der Waals surface area contributed by atoms with Crippen LogP contribution in [0.15, 0.2) is 30.5 Å². The molecule has 3 heterocycles. The van der Waals surface area contributed by atoms with Gasteiger partial charge in [0.2, 0.25) is 0 Å². The molecule has 2 aliphatic heterocycles. The Labute approximate surface area is 163 Å². The van der Waals surface area contributed by atoms with E-state index in [9.17, 15) is 9.18 Å². The van der Waals surface area contributed by atoms with Crippen molar-refractivity contribution in [1.82, 2.24) is 9.88 Å². The molecule has 1 saturated heterocycles. The minimum Gasteiger partial charge on any atom is -0.306 e. The molecular weight excluding hydrogens is 367 g/mol. The van der Waals surface area contributed by atoms with Crippen molar-refractivity contribution in [2.75, 3.05) is 29.9 Å². The molecule has 7 heteroatoms. The highest BCUT2D eigenvalue weighted by Crippen LogP contribution is 2.37. The molecule has 0 bridgehead atoms. The molecule has 0 unspecified atom stereocenters. The first-order valence-electron chi connectivity index (χ1n) is 9.14. The van der Waals surface area contributed by atoms with Gasteiger partial charge in [-0.25, -0.2) is 14.2 Å². The van der Waals surface area contributed by atoms with E-state index < -0.39 is 5.82 Å². The fourth-order valence-corrected chi connectivity index (χ4v) is 4.16. The van der Waals surface area contributed by atoms with E-state index in [0.29, 0.717) is 10.8 Å². The smallest absolute Gasteiger partial charge is 0.306 e. The van der Waals surface area contributed by atoms with Crippen LogP contribution in [0.25, 0.3) is 0 Å². The maximum Gasteiger partial charge on any atom is 0.329 e. The molecule has 1 aromatic carbocycles. The largest absolute Gasteiger partial charge is 0.329 e. The Morgan fingerprint density at radius 3 is 2.70 bits per heavy atom. The number of hydrogen-bond donors (Lipinski definition) is 0. The van der Waals surface area contributed by atoms with E-state index in [1.807, 2.05) is 13.0 Å². The van der Waals surface area contributed by atoms with Crippen LogP contribution in [0.4, 0.5) is 20.6 Å². The number of pyridine rings is 1. The summed E-state index contributed by atoms with van der Waals surface area (Å²) in [6.07, 6.45) is 3.42. The van der Waals surface area contributed by atoms with Crippen molar-refractivity contribution in [2.24, 2.45) is 0 Å². The Kier molecular flexibility index (Phi) is 4.78. The number of para-hydroxylation sites is 1. The van der Waals surface area contributed by atoms with Gasteiger partial charge >= 0.3 is 6.03 Å². The second-order valence-electron chi connectivity index (χ2n) is 7.31. The van der Waals surface area contributed by atoms with Crippen molar-refractivity contribution in [2.45, 2.75) is 32.4 Å². The first-order valence-corrected chi connectivity index (χ1v) is 9.52. The Morgan fingerprint density at radius 1 is 1.26 bits per heavy atom. The summed E-state index contributed by atoms with van der Waals surface area (Å²) in [7, 11) is 2.08. The van der Waals surface area contributed by atoms with Crippen LogP contribution in [-0.4, -0.2) is 42.1 Å². The molecule has 4 rings (SSSR count). The second kappa shape index (κ2) is 7.09. The average Bonchev–Trinajstić information content (AvgIpc) is 2.63. The Morgan fingerprint density at radius 2 is 2.00 bits per heavy atom. The molecule has 2 amide bonds. The van der Waals surface area contributed by atoms with Gasteiger partial charge in [-0.05, 0) is 57.6 Å². The predicted octanol–water partition coefficient (Wildman–Crippen LogP) is 4.22.